The summed E-state index contributed by atoms with van der Waals surface area (Å²) in [5.41, 5.74) is 4.29. The molecule has 1 heterocycles. The van der Waals surface area contributed by atoms with Gasteiger partial charge < -0.3 is 5.32 Å². The van der Waals surface area contributed by atoms with Gasteiger partial charge >= 0.3 is 0 Å². The van der Waals surface area contributed by atoms with Crippen LogP contribution in [0.1, 0.15) is 35.7 Å². The number of amides is 1. The van der Waals surface area contributed by atoms with Gasteiger partial charge in [0, 0.05) is 10.9 Å². The number of nitrogens with one attached hydrogen (secondary N) is 1. The van der Waals surface area contributed by atoms with Crippen LogP contribution in [0.3, 0.4) is 0 Å². The Morgan fingerprint density at radius 1 is 1.19 bits per heavy atom. The van der Waals surface area contributed by atoms with Crippen molar-refractivity contribution in [2.24, 2.45) is 0 Å². The molecule has 0 radical (unpaired) electrons. The molecule has 0 saturated carbocycles. The Morgan fingerprint density at radius 2 is 2.00 bits per heavy atom. The minimum absolute atomic E-state index is 0.0164. The van der Waals surface area contributed by atoms with Crippen LogP contribution in [0.4, 0.5) is 0 Å². The average molecular weight is 383 g/mol. The standard InChI is InChI=1S/C21H19ClN2OS/c22-18-10-4-3-9-17(18)21-23-15(13-26-21)12-20(25)24-19-11-5-7-14-6-1-2-8-16(14)19/h1-4,6,8-10,13,19H,5,7,11-12H2,(H,24,25)/t19-/m1/s1. The lowest BCUT2D eigenvalue weighted by molar-refractivity contribution is -0.121. The number of thiazole rings is 1. The van der Waals surface area contributed by atoms with Crippen molar-refractivity contribution in [1.82, 2.24) is 10.3 Å². The molecule has 1 aliphatic rings. The maximum Gasteiger partial charge on any atom is 0.226 e. The van der Waals surface area contributed by atoms with Gasteiger partial charge in [0.2, 0.25) is 5.91 Å². The maximum atomic E-state index is 12.5. The summed E-state index contributed by atoms with van der Waals surface area (Å²) in [5.74, 6) is 0.0164. The highest BCUT2D eigenvalue weighted by Crippen LogP contribution is 2.31. The predicted molar refractivity (Wildman–Crippen MR) is 107 cm³/mol. The number of benzene rings is 2. The summed E-state index contributed by atoms with van der Waals surface area (Å²) in [6, 6.07) is 16.1. The zero-order valence-corrected chi connectivity index (χ0v) is 15.8. The molecule has 0 fully saturated rings. The molecular weight excluding hydrogens is 364 g/mol. The van der Waals surface area contributed by atoms with Gasteiger partial charge in [-0.05, 0) is 36.5 Å². The van der Waals surface area contributed by atoms with E-state index in [9.17, 15) is 4.79 Å². The number of aryl methyl sites for hydroxylation is 1. The molecule has 0 saturated heterocycles. The van der Waals surface area contributed by atoms with Crippen molar-refractivity contribution < 1.29 is 4.79 Å². The molecule has 2 aromatic carbocycles. The highest BCUT2D eigenvalue weighted by atomic mass is 35.5. The summed E-state index contributed by atoms with van der Waals surface area (Å²) in [6.07, 6.45) is 3.48. The largest absolute Gasteiger partial charge is 0.349 e. The van der Waals surface area contributed by atoms with Crippen molar-refractivity contribution in [3.05, 3.63) is 75.8 Å². The van der Waals surface area contributed by atoms with E-state index in [0.29, 0.717) is 11.4 Å². The molecule has 1 amide bonds. The fraction of sp³-hybridized carbons (Fsp3) is 0.238. The van der Waals surface area contributed by atoms with E-state index in [0.717, 1.165) is 35.5 Å². The quantitative estimate of drug-likeness (QED) is 0.673. The molecule has 1 aliphatic carbocycles. The number of halogens is 1. The molecule has 1 atom stereocenters. The van der Waals surface area contributed by atoms with Gasteiger partial charge in [-0.25, -0.2) is 4.98 Å². The lowest BCUT2D eigenvalue weighted by Crippen LogP contribution is -2.32. The third-order valence-electron chi connectivity index (χ3n) is 4.70. The van der Waals surface area contributed by atoms with Gasteiger partial charge in [-0.15, -0.1) is 11.3 Å². The Kier molecular flexibility index (Phi) is 5.05. The molecule has 1 aromatic heterocycles. The number of rotatable bonds is 4. The van der Waals surface area contributed by atoms with Gasteiger partial charge in [0.15, 0.2) is 0 Å². The van der Waals surface area contributed by atoms with Crippen LogP contribution in [-0.4, -0.2) is 10.9 Å². The van der Waals surface area contributed by atoms with E-state index in [1.54, 1.807) is 0 Å². The first-order chi connectivity index (χ1) is 12.7. The van der Waals surface area contributed by atoms with Gasteiger partial charge in [0.1, 0.15) is 5.01 Å². The van der Waals surface area contributed by atoms with Crippen molar-refractivity contribution in [2.45, 2.75) is 31.7 Å². The first-order valence-corrected chi connectivity index (χ1v) is 10.0. The van der Waals surface area contributed by atoms with Gasteiger partial charge in [0.05, 0.1) is 23.2 Å². The monoisotopic (exact) mass is 382 g/mol. The second-order valence-corrected chi connectivity index (χ2v) is 7.78. The topological polar surface area (TPSA) is 42.0 Å². The number of carbonyl (C=O) groups is 1. The highest BCUT2D eigenvalue weighted by Gasteiger charge is 2.21. The van der Waals surface area contributed by atoms with Crippen molar-refractivity contribution >= 4 is 28.8 Å². The number of hydrogen-bond donors (Lipinski definition) is 1. The van der Waals surface area contributed by atoms with E-state index in [-0.39, 0.29) is 11.9 Å². The fourth-order valence-corrected chi connectivity index (χ4v) is 4.60. The van der Waals surface area contributed by atoms with Crippen molar-refractivity contribution in [1.29, 1.82) is 0 Å². The van der Waals surface area contributed by atoms with E-state index >= 15 is 0 Å². The molecule has 3 aromatic rings. The fourth-order valence-electron chi connectivity index (χ4n) is 3.46. The summed E-state index contributed by atoms with van der Waals surface area (Å²) in [4.78, 5) is 17.1. The van der Waals surface area contributed by atoms with Crippen LogP contribution in [0.25, 0.3) is 10.6 Å². The van der Waals surface area contributed by atoms with Crippen molar-refractivity contribution in [3.63, 3.8) is 0 Å². The van der Waals surface area contributed by atoms with E-state index in [1.807, 2.05) is 35.7 Å². The number of carbonyl (C=O) groups excluding carboxylic acids is 1. The second kappa shape index (κ2) is 7.60. The average Bonchev–Trinajstić information content (AvgIpc) is 3.10. The minimum atomic E-state index is 0.0164. The molecule has 0 spiro atoms. The minimum Gasteiger partial charge on any atom is -0.349 e. The first kappa shape index (κ1) is 17.3. The smallest absolute Gasteiger partial charge is 0.226 e. The zero-order chi connectivity index (χ0) is 17.9. The predicted octanol–water partition coefficient (Wildman–Crippen LogP) is 5.20. The van der Waals surface area contributed by atoms with Gasteiger partial charge in [-0.1, -0.05) is 54.1 Å². The van der Waals surface area contributed by atoms with Crippen LogP contribution < -0.4 is 5.32 Å². The Hall–Kier alpha value is -2.17. The van der Waals surface area contributed by atoms with Crippen LogP contribution in [0.5, 0.6) is 0 Å². The van der Waals surface area contributed by atoms with E-state index in [1.165, 1.54) is 22.5 Å². The van der Waals surface area contributed by atoms with Crippen LogP contribution in [0, 0.1) is 0 Å². The molecule has 5 heteroatoms. The number of aromatic nitrogens is 1. The van der Waals surface area contributed by atoms with E-state index in [4.69, 9.17) is 11.6 Å². The lowest BCUT2D eigenvalue weighted by atomic mass is 9.87. The molecule has 0 bridgehead atoms. The van der Waals surface area contributed by atoms with Crippen LogP contribution >= 0.6 is 22.9 Å². The Labute approximate surface area is 162 Å². The summed E-state index contributed by atoms with van der Waals surface area (Å²) >= 11 is 7.76. The van der Waals surface area contributed by atoms with E-state index in [2.05, 4.69) is 28.5 Å². The molecule has 1 N–H and O–H groups in total. The zero-order valence-electron chi connectivity index (χ0n) is 14.2. The van der Waals surface area contributed by atoms with Gasteiger partial charge in [-0.3, -0.25) is 4.79 Å². The summed E-state index contributed by atoms with van der Waals surface area (Å²) in [6.45, 7) is 0. The summed E-state index contributed by atoms with van der Waals surface area (Å²) in [7, 11) is 0. The van der Waals surface area contributed by atoms with E-state index < -0.39 is 0 Å². The molecular formula is C21H19ClN2OS. The lowest BCUT2D eigenvalue weighted by Gasteiger charge is -2.26. The summed E-state index contributed by atoms with van der Waals surface area (Å²) in [5, 5.41) is 6.65. The number of hydrogen-bond acceptors (Lipinski definition) is 3. The molecule has 132 valence electrons. The molecule has 0 aliphatic heterocycles. The number of fused-ring (bicyclic) bond motifs is 1. The third kappa shape index (κ3) is 3.67. The highest BCUT2D eigenvalue weighted by molar-refractivity contribution is 7.13. The van der Waals surface area contributed by atoms with Crippen molar-refractivity contribution in [3.8, 4) is 10.6 Å². The Balaban J connectivity index is 1.44. The first-order valence-electron chi connectivity index (χ1n) is 8.77. The second-order valence-electron chi connectivity index (χ2n) is 6.51. The number of nitrogens with zero attached hydrogens (tertiary/aromatic N) is 1. The van der Waals surface area contributed by atoms with Gasteiger partial charge in [-0.2, -0.15) is 0 Å². The van der Waals surface area contributed by atoms with Crippen molar-refractivity contribution in [2.75, 3.05) is 0 Å². The van der Waals surface area contributed by atoms with Crippen LogP contribution in [-0.2, 0) is 17.6 Å². The van der Waals surface area contributed by atoms with Gasteiger partial charge in [0.25, 0.3) is 0 Å². The molecule has 26 heavy (non-hydrogen) atoms. The normalized spacial score (nSPS) is 16.1. The maximum absolute atomic E-state index is 12.5. The Morgan fingerprint density at radius 3 is 2.88 bits per heavy atom. The molecule has 4 rings (SSSR count). The summed E-state index contributed by atoms with van der Waals surface area (Å²) < 4.78 is 0. The SMILES string of the molecule is O=C(Cc1csc(-c2ccccc2Cl)n1)N[C@@H]1CCCc2ccccc21. The van der Waals surface area contributed by atoms with Crippen LogP contribution in [0.15, 0.2) is 53.9 Å². The third-order valence-corrected chi connectivity index (χ3v) is 5.96. The molecule has 0 unspecified atom stereocenters. The van der Waals surface area contributed by atoms with Crippen LogP contribution in [0.2, 0.25) is 5.02 Å². The Bertz CT molecular complexity index is 937. The molecule has 3 nitrogen and oxygen atoms in total.